The van der Waals surface area contributed by atoms with Gasteiger partial charge in [0.1, 0.15) is 11.6 Å². The summed E-state index contributed by atoms with van der Waals surface area (Å²) in [7, 11) is 1.72. The molecule has 0 atom stereocenters. The third-order valence-corrected chi connectivity index (χ3v) is 6.63. The summed E-state index contributed by atoms with van der Waals surface area (Å²) in [6, 6.07) is 21.6. The molecule has 0 amide bonds. The summed E-state index contributed by atoms with van der Waals surface area (Å²) in [4.78, 5) is 7.87. The van der Waals surface area contributed by atoms with Crippen LogP contribution in [0.25, 0.3) is 33.2 Å². The number of aromatic nitrogens is 1. The van der Waals surface area contributed by atoms with Crippen molar-refractivity contribution in [3.05, 3.63) is 77.4 Å². The minimum absolute atomic E-state index is 0.854. The van der Waals surface area contributed by atoms with E-state index in [0.29, 0.717) is 0 Å². The number of hydrogen-bond acceptors (Lipinski definition) is 4. The average Bonchev–Trinajstić information content (AvgIpc) is 2.83. The second-order valence-electron chi connectivity index (χ2n) is 8.94. The van der Waals surface area contributed by atoms with Gasteiger partial charge in [-0.1, -0.05) is 54.1 Å². The van der Waals surface area contributed by atoms with E-state index in [0.717, 1.165) is 49.0 Å². The lowest BCUT2D eigenvalue weighted by atomic mass is 9.89. The van der Waals surface area contributed by atoms with Crippen molar-refractivity contribution in [2.24, 2.45) is 0 Å². The highest BCUT2D eigenvalue weighted by Crippen LogP contribution is 2.43. The molecule has 0 saturated carbocycles. The van der Waals surface area contributed by atoms with Gasteiger partial charge in [-0.15, -0.1) is 0 Å². The van der Waals surface area contributed by atoms with Crippen LogP contribution in [0.15, 0.2) is 60.7 Å². The molecule has 0 spiro atoms. The number of pyridine rings is 1. The van der Waals surface area contributed by atoms with Gasteiger partial charge in [-0.05, 0) is 55.0 Å². The van der Waals surface area contributed by atoms with Gasteiger partial charge in [0.15, 0.2) is 0 Å². The topological polar surface area (TPSA) is 37.4 Å². The Bertz CT molecular complexity index is 1300. The van der Waals surface area contributed by atoms with Crippen LogP contribution in [0.4, 0.5) is 5.82 Å². The first-order valence-electron chi connectivity index (χ1n) is 11.7. The van der Waals surface area contributed by atoms with Crippen LogP contribution in [-0.2, 0) is 0 Å². The zero-order valence-electron chi connectivity index (χ0n) is 19.9. The van der Waals surface area contributed by atoms with Gasteiger partial charge in [0, 0.05) is 42.7 Å². The third-order valence-electron chi connectivity index (χ3n) is 6.63. The van der Waals surface area contributed by atoms with Crippen LogP contribution < -0.4 is 15.0 Å². The van der Waals surface area contributed by atoms with Crippen LogP contribution in [0.1, 0.15) is 16.7 Å². The van der Waals surface area contributed by atoms with E-state index in [4.69, 9.17) is 9.72 Å². The number of aryl methyl sites for hydroxylation is 3. The van der Waals surface area contributed by atoms with Crippen LogP contribution in [0.3, 0.4) is 0 Å². The summed E-state index contributed by atoms with van der Waals surface area (Å²) >= 11 is 0. The van der Waals surface area contributed by atoms with Gasteiger partial charge in [-0.3, -0.25) is 0 Å². The Hall–Kier alpha value is -3.37. The predicted octanol–water partition coefficient (Wildman–Crippen LogP) is 5.91. The van der Waals surface area contributed by atoms with E-state index in [1.165, 1.54) is 38.6 Å². The fourth-order valence-corrected chi connectivity index (χ4v) is 4.97. The fourth-order valence-electron chi connectivity index (χ4n) is 4.97. The van der Waals surface area contributed by atoms with Crippen LogP contribution in [0, 0.1) is 20.8 Å². The number of fused-ring (bicyclic) bond motifs is 1. The van der Waals surface area contributed by atoms with Gasteiger partial charge in [-0.25, -0.2) is 4.98 Å². The molecule has 1 N–H and O–H groups in total. The van der Waals surface area contributed by atoms with E-state index < -0.39 is 0 Å². The normalized spacial score (nSPS) is 14.0. The number of methoxy groups -OCH3 is 1. The molecule has 0 bridgehead atoms. The highest BCUT2D eigenvalue weighted by atomic mass is 16.5. The summed E-state index contributed by atoms with van der Waals surface area (Å²) < 4.78 is 5.59. The van der Waals surface area contributed by atoms with Crippen LogP contribution in [0.5, 0.6) is 5.75 Å². The van der Waals surface area contributed by atoms with Crippen molar-refractivity contribution in [2.75, 3.05) is 38.2 Å². The maximum absolute atomic E-state index is 5.59. The van der Waals surface area contributed by atoms with Gasteiger partial charge in [0.05, 0.1) is 12.8 Å². The molecule has 4 aromatic rings. The number of nitrogens with one attached hydrogen (secondary N) is 1. The molecular weight excluding hydrogens is 406 g/mol. The molecule has 1 aromatic heterocycles. The van der Waals surface area contributed by atoms with E-state index >= 15 is 0 Å². The summed E-state index contributed by atoms with van der Waals surface area (Å²) in [6.07, 6.45) is 0. The molecule has 1 aliphatic heterocycles. The van der Waals surface area contributed by atoms with Crippen LogP contribution in [-0.4, -0.2) is 38.3 Å². The number of ether oxygens (including phenoxy) is 1. The van der Waals surface area contributed by atoms with E-state index in [1.54, 1.807) is 7.11 Å². The van der Waals surface area contributed by atoms with Crippen molar-refractivity contribution in [2.45, 2.75) is 20.8 Å². The number of anilines is 1. The Kier molecular flexibility index (Phi) is 5.77. The van der Waals surface area contributed by atoms with Crippen molar-refractivity contribution in [1.82, 2.24) is 10.3 Å². The van der Waals surface area contributed by atoms with Crippen molar-refractivity contribution in [3.63, 3.8) is 0 Å². The monoisotopic (exact) mass is 437 g/mol. The maximum Gasteiger partial charge on any atom is 0.137 e. The van der Waals surface area contributed by atoms with Crippen LogP contribution in [0.2, 0.25) is 0 Å². The van der Waals surface area contributed by atoms with Gasteiger partial charge in [0.2, 0.25) is 0 Å². The molecule has 0 aliphatic carbocycles. The van der Waals surface area contributed by atoms with Crippen molar-refractivity contribution in [3.8, 4) is 28.1 Å². The predicted molar refractivity (Wildman–Crippen MR) is 138 cm³/mol. The second kappa shape index (κ2) is 8.87. The zero-order valence-corrected chi connectivity index (χ0v) is 19.9. The van der Waals surface area contributed by atoms with Crippen molar-refractivity contribution >= 4 is 16.6 Å². The quantitative estimate of drug-likeness (QED) is 0.431. The summed E-state index contributed by atoms with van der Waals surface area (Å²) in [6.45, 7) is 10.4. The average molecular weight is 438 g/mol. The molecule has 1 aliphatic rings. The Morgan fingerprint density at radius 2 is 1.55 bits per heavy atom. The molecule has 1 saturated heterocycles. The zero-order chi connectivity index (χ0) is 22.9. The standard InChI is InChI=1S/C29H31N3O/c1-19-11-12-24-25(17-19)27(22-9-6-10-23(18-22)33-4)28(26-20(2)7-5-8-21(26)3)31-29(24)32-15-13-30-14-16-32/h5-12,17-18,30H,13-16H2,1-4H3. The summed E-state index contributed by atoms with van der Waals surface area (Å²) in [5, 5.41) is 5.92. The Morgan fingerprint density at radius 3 is 2.27 bits per heavy atom. The maximum atomic E-state index is 5.59. The lowest BCUT2D eigenvalue weighted by Gasteiger charge is -2.31. The first kappa shape index (κ1) is 21.5. The fraction of sp³-hybridized carbons (Fsp3) is 0.276. The largest absolute Gasteiger partial charge is 0.497 e. The highest BCUT2D eigenvalue weighted by Gasteiger charge is 2.23. The molecule has 2 heterocycles. The molecule has 5 rings (SSSR count). The second-order valence-corrected chi connectivity index (χ2v) is 8.94. The van der Waals surface area contributed by atoms with E-state index in [9.17, 15) is 0 Å². The van der Waals surface area contributed by atoms with E-state index in [1.807, 2.05) is 6.07 Å². The summed E-state index contributed by atoms with van der Waals surface area (Å²) in [5.74, 6) is 1.93. The molecule has 33 heavy (non-hydrogen) atoms. The van der Waals surface area contributed by atoms with Gasteiger partial charge in [0.25, 0.3) is 0 Å². The molecule has 4 nitrogen and oxygen atoms in total. The SMILES string of the molecule is COc1cccc(-c2c(-c3c(C)cccc3C)nc(N3CCNCC3)c3ccc(C)cc23)c1. The number of piperazine rings is 1. The molecule has 0 radical (unpaired) electrons. The molecule has 0 unspecified atom stereocenters. The Labute approximate surface area is 196 Å². The van der Waals surface area contributed by atoms with E-state index in [2.05, 4.69) is 85.6 Å². The first-order valence-corrected chi connectivity index (χ1v) is 11.7. The molecule has 3 aromatic carbocycles. The van der Waals surface area contributed by atoms with Crippen molar-refractivity contribution in [1.29, 1.82) is 0 Å². The Morgan fingerprint density at radius 1 is 0.818 bits per heavy atom. The highest BCUT2D eigenvalue weighted by molar-refractivity contribution is 6.08. The van der Waals surface area contributed by atoms with Gasteiger partial charge >= 0.3 is 0 Å². The van der Waals surface area contributed by atoms with Gasteiger partial charge in [-0.2, -0.15) is 0 Å². The number of benzene rings is 3. The Balaban J connectivity index is 1.91. The number of nitrogens with zero attached hydrogens (tertiary/aromatic N) is 2. The van der Waals surface area contributed by atoms with Crippen LogP contribution >= 0.6 is 0 Å². The molecule has 1 fully saturated rings. The minimum atomic E-state index is 0.854. The molecule has 168 valence electrons. The minimum Gasteiger partial charge on any atom is -0.497 e. The van der Waals surface area contributed by atoms with Crippen molar-refractivity contribution < 1.29 is 4.74 Å². The molecule has 4 heteroatoms. The summed E-state index contributed by atoms with van der Waals surface area (Å²) in [5.41, 5.74) is 8.29. The van der Waals surface area contributed by atoms with E-state index in [-0.39, 0.29) is 0 Å². The van der Waals surface area contributed by atoms with Gasteiger partial charge < -0.3 is 15.0 Å². The lowest BCUT2D eigenvalue weighted by Crippen LogP contribution is -2.44. The third kappa shape index (κ3) is 3.96. The number of rotatable bonds is 4. The molecular formula is C29H31N3O. The lowest BCUT2D eigenvalue weighted by molar-refractivity contribution is 0.415. The first-order chi connectivity index (χ1) is 16.1. The number of hydrogen-bond donors (Lipinski definition) is 1. The smallest absolute Gasteiger partial charge is 0.137 e.